The zero-order valence-corrected chi connectivity index (χ0v) is 11.0. The molecular formula is C12H14ClFO4. The minimum atomic E-state index is -1.11. The molecule has 6 heteroatoms. The fourth-order valence-corrected chi connectivity index (χ4v) is 1.73. The number of methoxy groups -OCH3 is 1. The Balaban J connectivity index is 3.27. The number of aromatic hydroxyl groups is 1. The van der Waals surface area contributed by atoms with Crippen LogP contribution in [0.3, 0.4) is 0 Å². The molecular weight excluding hydrogens is 263 g/mol. The number of carbonyl (C=O) groups is 1. The van der Waals surface area contributed by atoms with Gasteiger partial charge >= 0.3 is 5.97 Å². The van der Waals surface area contributed by atoms with Crippen LogP contribution in [0.1, 0.15) is 19.4 Å². The molecule has 2 N–H and O–H groups in total. The van der Waals surface area contributed by atoms with Gasteiger partial charge in [-0.2, -0.15) is 0 Å². The number of hydrogen-bond acceptors (Lipinski definition) is 3. The molecule has 1 aromatic rings. The third kappa shape index (κ3) is 2.67. The molecule has 0 spiro atoms. The Morgan fingerprint density at radius 1 is 1.56 bits per heavy atom. The number of benzene rings is 1. The van der Waals surface area contributed by atoms with E-state index < -0.39 is 23.0 Å². The van der Waals surface area contributed by atoms with Crippen LogP contribution in [0.4, 0.5) is 4.39 Å². The van der Waals surface area contributed by atoms with E-state index in [0.29, 0.717) is 0 Å². The van der Waals surface area contributed by atoms with Gasteiger partial charge in [0.15, 0.2) is 17.3 Å². The van der Waals surface area contributed by atoms with E-state index in [1.807, 2.05) is 0 Å². The molecule has 1 rings (SSSR count). The van der Waals surface area contributed by atoms with Crippen molar-refractivity contribution in [3.63, 3.8) is 0 Å². The van der Waals surface area contributed by atoms with Gasteiger partial charge < -0.3 is 14.9 Å². The van der Waals surface area contributed by atoms with E-state index in [4.69, 9.17) is 21.4 Å². The van der Waals surface area contributed by atoms with Crippen LogP contribution in [0.5, 0.6) is 11.5 Å². The quantitative estimate of drug-likeness (QED) is 0.887. The highest BCUT2D eigenvalue weighted by Crippen LogP contribution is 2.39. The van der Waals surface area contributed by atoms with Crippen LogP contribution >= 0.6 is 11.6 Å². The number of phenols is 1. The van der Waals surface area contributed by atoms with Gasteiger partial charge in [0, 0.05) is 5.56 Å². The second kappa shape index (κ2) is 5.02. The molecule has 0 aromatic heterocycles. The summed E-state index contributed by atoms with van der Waals surface area (Å²) < 4.78 is 18.2. The maximum atomic E-state index is 13.5. The number of ether oxygens (including phenoxy) is 1. The molecule has 100 valence electrons. The lowest BCUT2D eigenvalue weighted by Gasteiger charge is -2.20. The molecule has 0 saturated carbocycles. The summed E-state index contributed by atoms with van der Waals surface area (Å²) in [6, 6.07) is 1.21. The predicted molar refractivity (Wildman–Crippen MR) is 64.7 cm³/mol. The molecule has 18 heavy (non-hydrogen) atoms. The molecule has 0 atom stereocenters. The zero-order chi connectivity index (χ0) is 14.1. The first-order valence-electron chi connectivity index (χ1n) is 5.18. The summed E-state index contributed by atoms with van der Waals surface area (Å²) in [4.78, 5) is 11.0. The van der Waals surface area contributed by atoms with E-state index in [0.717, 1.165) is 0 Å². The molecule has 4 nitrogen and oxygen atoms in total. The van der Waals surface area contributed by atoms with Crippen LogP contribution in [0.2, 0.25) is 5.02 Å². The zero-order valence-electron chi connectivity index (χ0n) is 10.3. The van der Waals surface area contributed by atoms with E-state index in [2.05, 4.69) is 0 Å². The Morgan fingerprint density at radius 3 is 2.56 bits per heavy atom. The van der Waals surface area contributed by atoms with E-state index in [9.17, 15) is 14.3 Å². The van der Waals surface area contributed by atoms with E-state index >= 15 is 0 Å². The Morgan fingerprint density at radius 2 is 2.11 bits per heavy atom. The standard InChI is InChI=1S/C12H14ClFO4/c1-12(2,11(16)17)5-6-4-7(13)8(14)10(18-3)9(6)15/h4,15H,5H2,1-3H3,(H,16,17). The van der Waals surface area contributed by atoms with E-state index in [-0.39, 0.29) is 22.8 Å². The van der Waals surface area contributed by atoms with Crippen LogP contribution < -0.4 is 4.74 Å². The summed E-state index contributed by atoms with van der Waals surface area (Å²) >= 11 is 5.66. The topological polar surface area (TPSA) is 66.8 Å². The van der Waals surface area contributed by atoms with Crippen molar-refractivity contribution < 1.29 is 24.1 Å². The van der Waals surface area contributed by atoms with Gasteiger partial charge in [-0.15, -0.1) is 0 Å². The fraction of sp³-hybridized carbons (Fsp3) is 0.417. The SMILES string of the molecule is COc1c(O)c(CC(C)(C)C(=O)O)cc(Cl)c1F. The number of halogens is 2. The maximum Gasteiger partial charge on any atom is 0.309 e. The Hall–Kier alpha value is -1.49. The van der Waals surface area contributed by atoms with Gasteiger partial charge in [0.1, 0.15) is 0 Å². The molecule has 0 unspecified atom stereocenters. The number of phenolic OH excluding ortho intramolecular Hbond substituents is 1. The smallest absolute Gasteiger partial charge is 0.309 e. The van der Waals surface area contributed by atoms with E-state index in [1.165, 1.54) is 27.0 Å². The second-order valence-electron chi connectivity index (χ2n) is 4.58. The summed E-state index contributed by atoms with van der Waals surface area (Å²) in [6.45, 7) is 3.00. The van der Waals surface area contributed by atoms with Gasteiger partial charge in [0.25, 0.3) is 0 Å². The van der Waals surface area contributed by atoms with Crippen molar-refractivity contribution in [2.45, 2.75) is 20.3 Å². The minimum absolute atomic E-state index is 0.00449. The normalized spacial score (nSPS) is 11.4. The molecule has 0 aliphatic carbocycles. The van der Waals surface area contributed by atoms with Gasteiger partial charge in [-0.1, -0.05) is 11.6 Å². The average Bonchev–Trinajstić information content (AvgIpc) is 2.26. The molecule has 0 radical (unpaired) electrons. The Kier molecular flexibility index (Phi) is 4.06. The van der Waals surface area contributed by atoms with Gasteiger partial charge in [0.2, 0.25) is 0 Å². The second-order valence-corrected chi connectivity index (χ2v) is 4.99. The molecule has 0 amide bonds. The average molecular weight is 277 g/mol. The van der Waals surface area contributed by atoms with Crippen molar-refractivity contribution in [3.8, 4) is 11.5 Å². The summed E-state index contributed by atoms with van der Waals surface area (Å²) in [7, 11) is 1.20. The van der Waals surface area contributed by atoms with Crippen molar-refractivity contribution in [1.82, 2.24) is 0 Å². The van der Waals surface area contributed by atoms with Crippen LogP contribution in [-0.2, 0) is 11.2 Å². The highest BCUT2D eigenvalue weighted by molar-refractivity contribution is 6.31. The molecule has 1 aromatic carbocycles. The van der Waals surface area contributed by atoms with Crippen molar-refractivity contribution in [2.75, 3.05) is 7.11 Å². The number of aliphatic carboxylic acids is 1. The van der Waals surface area contributed by atoms with Crippen molar-refractivity contribution >= 4 is 17.6 Å². The molecule has 0 aliphatic heterocycles. The molecule has 0 fully saturated rings. The van der Waals surface area contributed by atoms with Crippen molar-refractivity contribution in [2.24, 2.45) is 5.41 Å². The van der Waals surface area contributed by atoms with Crippen molar-refractivity contribution in [3.05, 3.63) is 22.5 Å². The van der Waals surface area contributed by atoms with E-state index in [1.54, 1.807) is 0 Å². The maximum absolute atomic E-state index is 13.5. The van der Waals surface area contributed by atoms with Crippen LogP contribution in [0.25, 0.3) is 0 Å². The summed E-state index contributed by atoms with van der Waals surface area (Å²) in [5.41, 5.74) is -0.880. The Bertz CT molecular complexity index is 485. The first-order valence-corrected chi connectivity index (χ1v) is 5.55. The monoisotopic (exact) mass is 276 g/mol. The van der Waals surface area contributed by atoms with Crippen molar-refractivity contribution in [1.29, 1.82) is 0 Å². The number of hydrogen-bond donors (Lipinski definition) is 2. The fourth-order valence-electron chi connectivity index (χ4n) is 1.52. The lowest BCUT2D eigenvalue weighted by molar-refractivity contribution is -0.146. The van der Waals surface area contributed by atoms with Crippen LogP contribution in [0, 0.1) is 11.2 Å². The highest BCUT2D eigenvalue weighted by atomic mass is 35.5. The van der Waals surface area contributed by atoms with Gasteiger partial charge in [-0.25, -0.2) is 4.39 Å². The lowest BCUT2D eigenvalue weighted by atomic mass is 9.85. The first-order chi connectivity index (χ1) is 8.20. The predicted octanol–water partition coefficient (Wildman–Crippen LogP) is 2.85. The molecule has 0 bridgehead atoms. The third-order valence-corrected chi connectivity index (χ3v) is 2.92. The number of rotatable bonds is 4. The number of carboxylic acid groups (broad SMARTS) is 1. The van der Waals surface area contributed by atoms with Crippen LogP contribution in [0.15, 0.2) is 6.07 Å². The molecule has 0 heterocycles. The first kappa shape index (κ1) is 14.6. The van der Waals surface area contributed by atoms with Gasteiger partial charge in [0.05, 0.1) is 17.5 Å². The Labute approximate surface area is 109 Å². The van der Waals surface area contributed by atoms with Crippen LogP contribution in [-0.4, -0.2) is 23.3 Å². The lowest BCUT2D eigenvalue weighted by Crippen LogP contribution is -2.26. The summed E-state index contributed by atoms with van der Waals surface area (Å²) in [5, 5.41) is 18.6. The largest absolute Gasteiger partial charge is 0.504 e. The highest BCUT2D eigenvalue weighted by Gasteiger charge is 2.30. The van der Waals surface area contributed by atoms with Gasteiger partial charge in [-0.3, -0.25) is 4.79 Å². The third-order valence-electron chi connectivity index (χ3n) is 2.64. The summed E-state index contributed by atoms with van der Waals surface area (Å²) in [6.07, 6.45) is 0.00449. The summed E-state index contributed by atoms with van der Waals surface area (Å²) in [5.74, 6) is -2.69. The number of carboxylic acids is 1. The molecule has 0 saturated heterocycles. The minimum Gasteiger partial charge on any atom is -0.504 e. The van der Waals surface area contributed by atoms with Gasteiger partial charge in [-0.05, 0) is 26.3 Å². The molecule has 0 aliphatic rings.